The lowest BCUT2D eigenvalue weighted by Crippen LogP contribution is -1.96. The van der Waals surface area contributed by atoms with Gasteiger partial charge in [0.05, 0.1) is 12.8 Å². The molecule has 0 atom stereocenters. The highest BCUT2D eigenvalue weighted by molar-refractivity contribution is 5.27. The first-order valence-corrected chi connectivity index (χ1v) is 3.88. The second-order valence-corrected chi connectivity index (χ2v) is 2.49. The Kier molecular flexibility index (Phi) is 5.04. The number of ether oxygens (including phenoxy) is 1. The molecule has 0 aromatic carbocycles. The molecular formula is C9H16N2O. The number of pyridine rings is 1. The molecule has 0 unspecified atom stereocenters. The molecule has 1 heterocycles. The van der Waals surface area contributed by atoms with Crippen molar-refractivity contribution in [2.24, 2.45) is 0 Å². The Morgan fingerprint density at radius 1 is 1.50 bits per heavy atom. The van der Waals surface area contributed by atoms with Crippen LogP contribution in [0.5, 0.6) is 5.75 Å². The summed E-state index contributed by atoms with van der Waals surface area (Å²) in [5.74, 6) is 0.898. The molecule has 0 spiro atoms. The van der Waals surface area contributed by atoms with Gasteiger partial charge in [0, 0.05) is 6.20 Å². The van der Waals surface area contributed by atoms with Gasteiger partial charge in [-0.3, -0.25) is 4.98 Å². The van der Waals surface area contributed by atoms with Crippen molar-refractivity contribution < 1.29 is 4.74 Å². The lowest BCUT2D eigenvalue weighted by Gasteiger charge is -2.05. The molecule has 0 fully saturated rings. The molecule has 12 heavy (non-hydrogen) atoms. The number of aromatic nitrogens is 1. The van der Waals surface area contributed by atoms with Crippen LogP contribution in [0.3, 0.4) is 0 Å². The lowest BCUT2D eigenvalue weighted by molar-refractivity contribution is 0.314. The molecule has 1 aromatic rings. The van der Waals surface area contributed by atoms with E-state index in [1.54, 1.807) is 12.4 Å². The van der Waals surface area contributed by atoms with E-state index in [0.717, 1.165) is 24.3 Å². The van der Waals surface area contributed by atoms with Crippen LogP contribution in [0.1, 0.15) is 18.9 Å². The van der Waals surface area contributed by atoms with E-state index in [1.165, 1.54) is 0 Å². The molecule has 0 radical (unpaired) electrons. The van der Waals surface area contributed by atoms with Crippen molar-refractivity contribution in [1.29, 1.82) is 0 Å². The van der Waals surface area contributed by atoms with Crippen LogP contribution in [0.15, 0.2) is 18.5 Å². The quantitative estimate of drug-likeness (QED) is 0.753. The maximum Gasteiger partial charge on any atom is 0.140 e. The van der Waals surface area contributed by atoms with E-state index in [-0.39, 0.29) is 6.15 Å². The summed E-state index contributed by atoms with van der Waals surface area (Å²) < 4.78 is 5.42. The first-order valence-electron chi connectivity index (χ1n) is 3.88. The van der Waals surface area contributed by atoms with Crippen LogP contribution >= 0.6 is 0 Å². The van der Waals surface area contributed by atoms with Crippen molar-refractivity contribution in [1.82, 2.24) is 11.1 Å². The molecular weight excluding hydrogens is 152 g/mol. The van der Waals surface area contributed by atoms with Crippen LogP contribution < -0.4 is 10.9 Å². The molecule has 0 amide bonds. The van der Waals surface area contributed by atoms with Crippen LogP contribution in [0.25, 0.3) is 0 Å². The van der Waals surface area contributed by atoms with Gasteiger partial charge in [-0.25, -0.2) is 0 Å². The van der Waals surface area contributed by atoms with Crippen LogP contribution in [-0.4, -0.2) is 11.6 Å². The van der Waals surface area contributed by atoms with Crippen molar-refractivity contribution in [2.45, 2.75) is 20.3 Å². The van der Waals surface area contributed by atoms with Crippen molar-refractivity contribution in [3.8, 4) is 5.75 Å². The molecule has 0 aliphatic rings. The summed E-state index contributed by atoms with van der Waals surface area (Å²) in [4.78, 5) is 3.97. The number of rotatable bonds is 3. The lowest BCUT2D eigenvalue weighted by atomic mass is 10.3. The number of aryl methyl sites for hydroxylation is 1. The highest BCUT2D eigenvalue weighted by Gasteiger charge is 1.95. The Morgan fingerprint density at radius 3 is 2.83 bits per heavy atom. The minimum absolute atomic E-state index is 0. The highest BCUT2D eigenvalue weighted by Crippen LogP contribution is 2.14. The first-order chi connectivity index (χ1) is 5.34. The Labute approximate surface area is 73.4 Å². The van der Waals surface area contributed by atoms with E-state index in [2.05, 4.69) is 11.9 Å². The van der Waals surface area contributed by atoms with E-state index < -0.39 is 0 Å². The molecule has 3 heteroatoms. The predicted molar refractivity (Wildman–Crippen MR) is 49.8 cm³/mol. The van der Waals surface area contributed by atoms with Gasteiger partial charge in [0.1, 0.15) is 5.75 Å². The fourth-order valence-corrected chi connectivity index (χ4v) is 0.813. The fraction of sp³-hybridized carbons (Fsp3) is 0.444. The standard InChI is InChI=1S/C9H13NO.H3N/c1-3-6-11-9-7-10-5-4-8(9)2;/h4-5,7H,3,6H2,1-2H3;1H3. The second kappa shape index (κ2) is 5.55. The zero-order valence-corrected chi connectivity index (χ0v) is 7.71. The zero-order chi connectivity index (χ0) is 8.10. The third-order valence-corrected chi connectivity index (χ3v) is 1.45. The third-order valence-electron chi connectivity index (χ3n) is 1.45. The molecule has 0 aliphatic carbocycles. The number of hydrogen-bond donors (Lipinski definition) is 1. The van der Waals surface area contributed by atoms with E-state index in [1.807, 2.05) is 13.0 Å². The summed E-state index contributed by atoms with van der Waals surface area (Å²) in [7, 11) is 0. The summed E-state index contributed by atoms with van der Waals surface area (Å²) in [5, 5.41) is 0. The van der Waals surface area contributed by atoms with Gasteiger partial charge < -0.3 is 10.9 Å². The Morgan fingerprint density at radius 2 is 2.25 bits per heavy atom. The van der Waals surface area contributed by atoms with E-state index in [0.29, 0.717) is 0 Å². The average molecular weight is 168 g/mol. The fourth-order valence-electron chi connectivity index (χ4n) is 0.813. The Hall–Kier alpha value is -1.09. The molecule has 0 bridgehead atoms. The minimum Gasteiger partial charge on any atom is -0.492 e. The molecule has 1 aromatic heterocycles. The van der Waals surface area contributed by atoms with Crippen LogP contribution in [0.2, 0.25) is 0 Å². The number of hydrogen-bond acceptors (Lipinski definition) is 3. The minimum atomic E-state index is 0. The maximum atomic E-state index is 5.42. The van der Waals surface area contributed by atoms with Crippen LogP contribution in [-0.2, 0) is 0 Å². The summed E-state index contributed by atoms with van der Waals surface area (Å²) in [5.41, 5.74) is 1.15. The topological polar surface area (TPSA) is 57.1 Å². The van der Waals surface area contributed by atoms with Crippen molar-refractivity contribution >= 4 is 0 Å². The van der Waals surface area contributed by atoms with Crippen LogP contribution in [0, 0.1) is 6.92 Å². The van der Waals surface area contributed by atoms with Gasteiger partial charge in [-0.1, -0.05) is 6.92 Å². The summed E-state index contributed by atoms with van der Waals surface area (Å²) in [6.07, 6.45) is 4.56. The molecule has 3 nitrogen and oxygen atoms in total. The Balaban J connectivity index is 0.00000121. The van der Waals surface area contributed by atoms with Crippen molar-refractivity contribution in [2.75, 3.05) is 6.61 Å². The summed E-state index contributed by atoms with van der Waals surface area (Å²) in [6.45, 7) is 4.88. The molecule has 0 aliphatic heterocycles. The van der Waals surface area contributed by atoms with E-state index in [9.17, 15) is 0 Å². The monoisotopic (exact) mass is 168 g/mol. The maximum absolute atomic E-state index is 5.42. The summed E-state index contributed by atoms with van der Waals surface area (Å²) in [6, 6.07) is 1.95. The molecule has 0 saturated heterocycles. The molecule has 0 saturated carbocycles. The molecule has 1 rings (SSSR count). The average Bonchev–Trinajstić information content (AvgIpc) is 2.03. The second-order valence-electron chi connectivity index (χ2n) is 2.49. The molecule has 68 valence electrons. The van der Waals surface area contributed by atoms with Gasteiger partial charge in [-0.2, -0.15) is 0 Å². The predicted octanol–water partition coefficient (Wildman–Crippen LogP) is 2.34. The van der Waals surface area contributed by atoms with Gasteiger partial charge in [0.15, 0.2) is 0 Å². The normalized spacial score (nSPS) is 8.83. The first kappa shape index (κ1) is 10.9. The van der Waals surface area contributed by atoms with Gasteiger partial charge in [0.2, 0.25) is 0 Å². The largest absolute Gasteiger partial charge is 0.492 e. The van der Waals surface area contributed by atoms with Gasteiger partial charge >= 0.3 is 0 Å². The van der Waals surface area contributed by atoms with Crippen molar-refractivity contribution in [3.63, 3.8) is 0 Å². The third kappa shape index (κ3) is 2.88. The van der Waals surface area contributed by atoms with Gasteiger partial charge in [0.25, 0.3) is 0 Å². The SMILES string of the molecule is CCCOc1cnccc1C.N. The van der Waals surface area contributed by atoms with E-state index in [4.69, 9.17) is 4.74 Å². The van der Waals surface area contributed by atoms with E-state index >= 15 is 0 Å². The van der Waals surface area contributed by atoms with Crippen molar-refractivity contribution in [3.05, 3.63) is 24.0 Å². The smallest absolute Gasteiger partial charge is 0.140 e. The highest BCUT2D eigenvalue weighted by atomic mass is 16.5. The summed E-state index contributed by atoms with van der Waals surface area (Å²) >= 11 is 0. The van der Waals surface area contributed by atoms with Crippen LogP contribution in [0.4, 0.5) is 0 Å². The van der Waals surface area contributed by atoms with Gasteiger partial charge in [-0.05, 0) is 25.0 Å². The van der Waals surface area contributed by atoms with Gasteiger partial charge in [-0.15, -0.1) is 0 Å². The zero-order valence-electron chi connectivity index (χ0n) is 7.71. The Bertz CT molecular complexity index is 226. The molecule has 3 N–H and O–H groups in total. The number of nitrogens with zero attached hydrogens (tertiary/aromatic N) is 1.